The third-order valence-electron chi connectivity index (χ3n) is 4.00. The fraction of sp³-hybridized carbons (Fsp3) is 0.211. The van der Waals surface area contributed by atoms with E-state index in [2.05, 4.69) is 5.32 Å². The molecule has 3 amide bonds. The van der Waals surface area contributed by atoms with Gasteiger partial charge in [-0.25, -0.2) is 0 Å². The van der Waals surface area contributed by atoms with Gasteiger partial charge in [-0.2, -0.15) is 0 Å². The third-order valence-corrected chi connectivity index (χ3v) is 4.00. The summed E-state index contributed by atoms with van der Waals surface area (Å²) in [6.07, 6.45) is -0.848. The molecule has 6 heteroatoms. The lowest BCUT2D eigenvalue weighted by Crippen LogP contribution is -2.45. The van der Waals surface area contributed by atoms with Crippen molar-refractivity contribution in [2.75, 3.05) is 11.9 Å². The molecule has 3 rings (SSSR count). The molecule has 0 saturated heterocycles. The Labute approximate surface area is 145 Å². The van der Waals surface area contributed by atoms with Crippen LogP contribution in [-0.2, 0) is 9.59 Å². The van der Waals surface area contributed by atoms with Crippen LogP contribution in [0.5, 0.6) is 5.75 Å². The second kappa shape index (κ2) is 6.76. The van der Waals surface area contributed by atoms with Crippen LogP contribution in [0.4, 0.5) is 5.69 Å². The van der Waals surface area contributed by atoms with Crippen molar-refractivity contribution in [2.45, 2.75) is 20.0 Å². The third kappa shape index (κ3) is 3.38. The number of ether oxygens (including phenoxy) is 1. The van der Waals surface area contributed by atoms with Crippen molar-refractivity contribution in [3.05, 3.63) is 59.7 Å². The predicted molar refractivity (Wildman–Crippen MR) is 92.4 cm³/mol. The number of fused-ring (bicyclic) bond motifs is 1. The topological polar surface area (TPSA) is 75.7 Å². The van der Waals surface area contributed by atoms with Gasteiger partial charge in [0.05, 0.1) is 5.56 Å². The number of rotatable bonds is 3. The molecule has 1 aliphatic heterocycles. The first-order valence-electron chi connectivity index (χ1n) is 7.94. The molecule has 6 nitrogen and oxygen atoms in total. The zero-order valence-electron chi connectivity index (χ0n) is 14.0. The van der Waals surface area contributed by atoms with E-state index in [0.717, 1.165) is 10.5 Å². The Bertz CT molecular complexity index is 847. The number of amides is 3. The van der Waals surface area contributed by atoms with Crippen molar-refractivity contribution in [1.29, 1.82) is 0 Å². The molecule has 25 heavy (non-hydrogen) atoms. The molecule has 0 fully saturated rings. The van der Waals surface area contributed by atoms with Crippen LogP contribution in [0.25, 0.3) is 0 Å². The minimum absolute atomic E-state index is 0.267. The normalized spacial score (nSPS) is 16.7. The second-order valence-electron chi connectivity index (χ2n) is 5.85. The molecule has 0 bridgehead atoms. The number of hydrogen-bond acceptors (Lipinski definition) is 4. The standard InChI is InChI=1S/C19H18N2O4/c1-12-7-3-5-9-15(12)20-17(22)11-21-18(23)13(2)25-16-10-6-4-8-14(16)19(21)24/h3-10,13H,11H2,1-2H3,(H,20,22)/t13-/m1/s1. The van der Waals surface area contributed by atoms with E-state index in [-0.39, 0.29) is 12.1 Å². The average Bonchev–Trinajstić information content (AvgIpc) is 2.68. The lowest BCUT2D eigenvalue weighted by Gasteiger charge is -2.20. The number of carbonyl (C=O) groups is 3. The smallest absolute Gasteiger partial charge is 0.270 e. The Balaban J connectivity index is 1.83. The number of nitrogens with one attached hydrogen (secondary N) is 1. The van der Waals surface area contributed by atoms with Crippen molar-refractivity contribution in [1.82, 2.24) is 4.90 Å². The van der Waals surface area contributed by atoms with Crippen molar-refractivity contribution in [3.63, 3.8) is 0 Å². The maximum atomic E-state index is 12.7. The van der Waals surface area contributed by atoms with Gasteiger partial charge in [0.2, 0.25) is 5.91 Å². The van der Waals surface area contributed by atoms with Crippen LogP contribution in [0.15, 0.2) is 48.5 Å². The maximum Gasteiger partial charge on any atom is 0.270 e. The van der Waals surface area contributed by atoms with Crippen LogP contribution in [0, 0.1) is 6.92 Å². The molecule has 128 valence electrons. The summed E-state index contributed by atoms with van der Waals surface area (Å²) in [4.78, 5) is 38.5. The van der Waals surface area contributed by atoms with Gasteiger partial charge in [-0.15, -0.1) is 0 Å². The highest BCUT2D eigenvalue weighted by Crippen LogP contribution is 2.25. The molecule has 0 aromatic heterocycles. The van der Waals surface area contributed by atoms with Gasteiger partial charge in [-0.3, -0.25) is 19.3 Å². The first-order chi connectivity index (χ1) is 12.0. The molecule has 0 aliphatic carbocycles. The molecule has 2 aromatic carbocycles. The van der Waals surface area contributed by atoms with E-state index < -0.39 is 23.8 Å². The van der Waals surface area contributed by atoms with Crippen molar-refractivity contribution >= 4 is 23.4 Å². The number of nitrogens with zero attached hydrogens (tertiary/aromatic N) is 1. The van der Waals surface area contributed by atoms with Gasteiger partial charge in [-0.05, 0) is 37.6 Å². The van der Waals surface area contributed by atoms with Gasteiger partial charge in [0.1, 0.15) is 12.3 Å². The summed E-state index contributed by atoms with van der Waals surface area (Å²) in [6, 6.07) is 13.9. The van der Waals surface area contributed by atoms with E-state index in [0.29, 0.717) is 11.4 Å². The summed E-state index contributed by atoms with van der Waals surface area (Å²) in [5.41, 5.74) is 1.81. The number of hydrogen-bond donors (Lipinski definition) is 1. The highest BCUT2D eigenvalue weighted by molar-refractivity contribution is 6.11. The van der Waals surface area contributed by atoms with E-state index in [9.17, 15) is 14.4 Å². The van der Waals surface area contributed by atoms with Crippen LogP contribution < -0.4 is 10.1 Å². The Kier molecular flexibility index (Phi) is 4.52. The number of anilines is 1. The van der Waals surface area contributed by atoms with Crippen LogP contribution in [-0.4, -0.2) is 35.3 Å². The highest BCUT2D eigenvalue weighted by atomic mass is 16.5. The molecule has 1 aliphatic rings. The Morgan fingerprint density at radius 2 is 1.80 bits per heavy atom. The van der Waals surface area contributed by atoms with Crippen molar-refractivity contribution in [3.8, 4) is 5.75 Å². The quantitative estimate of drug-likeness (QED) is 0.872. The van der Waals surface area contributed by atoms with E-state index in [1.165, 1.54) is 0 Å². The van der Waals surface area contributed by atoms with E-state index in [4.69, 9.17) is 4.74 Å². The van der Waals surface area contributed by atoms with Gasteiger partial charge >= 0.3 is 0 Å². The molecular weight excluding hydrogens is 320 g/mol. The highest BCUT2D eigenvalue weighted by Gasteiger charge is 2.35. The molecule has 1 heterocycles. The molecular formula is C19H18N2O4. The van der Waals surface area contributed by atoms with Crippen LogP contribution in [0.3, 0.4) is 0 Å². The molecule has 0 radical (unpaired) electrons. The number of carbonyl (C=O) groups excluding carboxylic acids is 3. The van der Waals surface area contributed by atoms with Gasteiger partial charge in [-0.1, -0.05) is 30.3 Å². The molecule has 2 aromatic rings. The fourth-order valence-electron chi connectivity index (χ4n) is 2.65. The number of para-hydroxylation sites is 2. The maximum absolute atomic E-state index is 12.7. The Hall–Kier alpha value is -3.15. The van der Waals surface area contributed by atoms with E-state index >= 15 is 0 Å². The Morgan fingerprint density at radius 3 is 2.56 bits per heavy atom. The molecule has 0 unspecified atom stereocenters. The lowest BCUT2D eigenvalue weighted by atomic mass is 10.1. The summed E-state index contributed by atoms with van der Waals surface area (Å²) in [6.45, 7) is 3.06. The SMILES string of the molecule is Cc1ccccc1NC(=O)CN1C(=O)c2ccccc2O[C@H](C)C1=O. The summed E-state index contributed by atoms with van der Waals surface area (Å²) in [5.74, 6) is -1.18. The molecule has 0 saturated carbocycles. The Morgan fingerprint density at radius 1 is 1.12 bits per heavy atom. The summed E-state index contributed by atoms with van der Waals surface area (Å²) >= 11 is 0. The van der Waals surface area contributed by atoms with Crippen LogP contribution in [0.2, 0.25) is 0 Å². The zero-order valence-corrected chi connectivity index (χ0v) is 14.0. The number of aryl methyl sites for hydroxylation is 1. The lowest BCUT2D eigenvalue weighted by molar-refractivity contribution is -0.137. The van der Waals surface area contributed by atoms with Gasteiger partial charge in [0, 0.05) is 5.69 Å². The van der Waals surface area contributed by atoms with Crippen LogP contribution >= 0.6 is 0 Å². The first-order valence-corrected chi connectivity index (χ1v) is 7.94. The van der Waals surface area contributed by atoms with E-state index in [1.54, 1.807) is 43.3 Å². The van der Waals surface area contributed by atoms with Crippen molar-refractivity contribution < 1.29 is 19.1 Å². The average molecular weight is 338 g/mol. The summed E-state index contributed by atoms with van der Waals surface area (Å²) in [7, 11) is 0. The predicted octanol–water partition coefficient (Wildman–Crippen LogP) is 2.38. The largest absolute Gasteiger partial charge is 0.480 e. The monoisotopic (exact) mass is 338 g/mol. The van der Waals surface area contributed by atoms with Crippen molar-refractivity contribution in [2.24, 2.45) is 0 Å². The molecule has 1 N–H and O–H groups in total. The first kappa shape index (κ1) is 16.7. The zero-order chi connectivity index (χ0) is 18.0. The van der Waals surface area contributed by atoms with Gasteiger partial charge in [0.15, 0.2) is 6.10 Å². The van der Waals surface area contributed by atoms with Gasteiger partial charge < -0.3 is 10.1 Å². The minimum atomic E-state index is -0.848. The fourth-order valence-corrected chi connectivity index (χ4v) is 2.65. The molecule has 0 spiro atoms. The van der Waals surface area contributed by atoms with Gasteiger partial charge in [0.25, 0.3) is 11.8 Å². The minimum Gasteiger partial charge on any atom is -0.480 e. The summed E-state index contributed by atoms with van der Waals surface area (Å²) < 4.78 is 5.54. The van der Waals surface area contributed by atoms with E-state index in [1.807, 2.05) is 19.1 Å². The summed E-state index contributed by atoms with van der Waals surface area (Å²) in [5, 5.41) is 2.73. The van der Waals surface area contributed by atoms with Crippen LogP contribution in [0.1, 0.15) is 22.8 Å². The molecule has 1 atom stereocenters. The number of imide groups is 1. The number of benzene rings is 2. The second-order valence-corrected chi connectivity index (χ2v) is 5.85.